The number of rotatable bonds is 10. The van der Waals surface area contributed by atoms with E-state index in [-0.39, 0.29) is 5.92 Å². The minimum absolute atomic E-state index is 0.196. The van der Waals surface area contributed by atoms with Crippen LogP contribution in [-0.2, 0) is 21.0 Å². The maximum absolute atomic E-state index is 6.11. The molecule has 0 amide bonds. The minimum Gasteiger partial charge on any atom is -0.332 e. The molecule has 182 valence electrons. The molecule has 0 radical (unpaired) electrons. The van der Waals surface area contributed by atoms with Gasteiger partial charge in [0.15, 0.2) is 0 Å². The van der Waals surface area contributed by atoms with Gasteiger partial charge >= 0.3 is 0 Å². The Hall–Kier alpha value is -2.82. The van der Waals surface area contributed by atoms with Gasteiger partial charge in [-0.25, -0.2) is 0 Å². The minimum atomic E-state index is -0.662. The topological polar surface area (TPSA) is 36.9 Å². The van der Waals surface area contributed by atoms with Crippen LogP contribution < -0.4 is 9.78 Å². The molecule has 0 aliphatic rings. The molecule has 0 atom stereocenters. The van der Waals surface area contributed by atoms with E-state index in [0.29, 0.717) is 17.4 Å². The molecule has 0 N–H and O–H groups in total. The molecular formula is C30H38O4. The van der Waals surface area contributed by atoms with E-state index in [4.69, 9.17) is 19.6 Å². The number of hydrogen-bond acceptors (Lipinski definition) is 4. The molecule has 0 bridgehead atoms. The summed E-state index contributed by atoms with van der Waals surface area (Å²) >= 11 is 0. The highest BCUT2D eigenvalue weighted by atomic mass is 17.2. The molecule has 4 heteroatoms. The molecule has 0 aromatic heterocycles. The summed E-state index contributed by atoms with van der Waals surface area (Å²) in [6, 6.07) is 24.0. The third-order valence-corrected chi connectivity index (χ3v) is 6.00. The summed E-state index contributed by atoms with van der Waals surface area (Å²) in [5.41, 5.74) is 2.97. The van der Waals surface area contributed by atoms with E-state index < -0.39 is 11.2 Å². The highest BCUT2D eigenvalue weighted by Gasteiger charge is 2.29. The maximum Gasteiger partial charge on any atom is 0.215 e. The summed E-state index contributed by atoms with van der Waals surface area (Å²) in [5.74, 6) is 1.55. The lowest BCUT2D eigenvalue weighted by Gasteiger charge is -2.28. The van der Waals surface area contributed by atoms with Gasteiger partial charge in [-0.2, -0.15) is 9.78 Å². The lowest BCUT2D eigenvalue weighted by molar-refractivity contribution is -0.304. The van der Waals surface area contributed by atoms with E-state index in [9.17, 15) is 0 Å². The second kappa shape index (κ2) is 10.6. The molecule has 0 aliphatic heterocycles. The van der Waals surface area contributed by atoms with Gasteiger partial charge < -0.3 is 9.78 Å². The van der Waals surface area contributed by atoms with E-state index in [2.05, 4.69) is 33.8 Å². The zero-order valence-corrected chi connectivity index (χ0v) is 21.7. The second-order valence-electron chi connectivity index (χ2n) is 10.3. The van der Waals surface area contributed by atoms with E-state index >= 15 is 0 Å². The van der Waals surface area contributed by atoms with Crippen molar-refractivity contribution >= 4 is 0 Å². The van der Waals surface area contributed by atoms with Crippen LogP contribution in [0.1, 0.15) is 89.5 Å². The highest BCUT2D eigenvalue weighted by Crippen LogP contribution is 2.43. The Labute approximate surface area is 204 Å². The Morgan fingerprint density at radius 2 is 1.03 bits per heavy atom. The van der Waals surface area contributed by atoms with Gasteiger partial charge in [0, 0.05) is 5.56 Å². The van der Waals surface area contributed by atoms with Crippen LogP contribution in [0.2, 0.25) is 0 Å². The van der Waals surface area contributed by atoms with Crippen molar-refractivity contribution in [3.05, 3.63) is 95.1 Å². The summed E-state index contributed by atoms with van der Waals surface area (Å²) in [5, 5.41) is 0. The van der Waals surface area contributed by atoms with Crippen molar-refractivity contribution in [2.75, 3.05) is 0 Å². The van der Waals surface area contributed by atoms with E-state index in [1.54, 1.807) is 0 Å². The molecule has 0 saturated heterocycles. The first-order valence-electron chi connectivity index (χ1n) is 12.0. The van der Waals surface area contributed by atoms with Crippen LogP contribution in [0, 0.1) is 0 Å². The number of hydrogen-bond donors (Lipinski definition) is 0. The monoisotopic (exact) mass is 462 g/mol. The third kappa shape index (κ3) is 5.99. The predicted molar refractivity (Wildman–Crippen MR) is 137 cm³/mol. The van der Waals surface area contributed by atoms with Gasteiger partial charge in [-0.1, -0.05) is 94.4 Å². The summed E-state index contributed by atoms with van der Waals surface area (Å²) in [6.45, 7) is 16.6. The van der Waals surface area contributed by atoms with Crippen LogP contribution in [-0.4, -0.2) is 0 Å². The fourth-order valence-electron chi connectivity index (χ4n) is 3.92. The summed E-state index contributed by atoms with van der Waals surface area (Å²) < 4.78 is 0. The molecule has 4 nitrogen and oxygen atoms in total. The average Bonchev–Trinajstić information content (AvgIpc) is 2.82. The van der Waals surface area contributed by atoms with Gasteiger partial charge in [0.2, 0.25) is 11.5 Å². The van der Waals surface area contributed by atoms with Crippen LogP contribution in [0.5, 0.6) is 11.5 Å². The standard InChI is InChI=1S/C30H38O4/c1-21(2)25-19-20-26(31-33-29(5,6)23-15-11-9-12-16-23)28(27(25)22(3)4)32-34-30(7,8)24-17-13-10-14-18-24/h9-22H,1-8H3. The second-order valence-corrected chi connectivity index (χ2v) is 10.3. The van der Waals surface area contributed by atoms with Crippen LogP contribution >= 0.6 is 0 Å². The van der Waals surface area contributed by atoms with Gasteiger partial charge in [0.1, 0.15) is 11.2 Å². The Kier molecular flexibility index (Phi) is 8.06. The molecule has 0 spiro atoms. The Balaban J connectivity index is 1.95. The molecule has 34 heavy (non-hydrogen) atoms. The smallest absolute Gasteiger partial charge is 0.215 e. The van der Waals surface area contributed by atoms with E-state index in [0.717, 1.165) is 16.7 Å². The first kappa shape index (κ1) is 25.8. The normalized spacial score (nSPS) is 12.3. The molecule has 0 fully saturated rings. The SMILES string of the molecule is CC(C)c1ccc(OOC(C)(C)c2ccccc2)c(OOC(C)(C)c2ccccc2)c1C(C)C. The van der Waals surface area contributed by atoms with Crippen molar-refractivity contribution in [2.45, 2.75) is 78.4 Å². The molecular weight excluding hydrogens is 424 g/mol. The fourth-order valence-corrected chi connectivity index (χ4v) is 3.92. The van der Waals surface area contributed by atoms with Crippen molar-refractivity contribution in [1.29, 1.82) is 0 Å². The molecule has 3 aromatic rings. The highest BCUT2D eigenvalue weighted by molar-refractivity contribution is 5.53. The zero-order valence-electron chi connectivity index (χ0n) is 21.7. The average molecular weight is 463 g/mol. The summed E-state index contributed by atoms with van der Waals surface area (Å²) in [7, 11) is 0. The molecule has 3 rings (SSSR count). The van der Waals surface area contributed by atoms with Crippen molar-refractivity contribution in [2.24, 2.45) is 0 Å². The summed E-state index contributed by atoms with van der Waals surface area (Å²) in [4.78, 5) is 24.1. The van der Waals surface area contributed by atoms with Gasteiger partial charge in [0.25, 0.3) is 0 Å². The quantitative estimate of drug-likeness (QED) is 0.224. The Morgan fingerprint density at radius 1 is 0.559 bits per heavy atom. The Morgan fingerprint density at radius 3 is 1.47 bits per heavy atom. The molecule has 0 aliphatic carbocycles. The largest absolute Gasteiger partial charge is 0.332 e. The van der Waals surface area contributed by atoms with Crippen molar-refractivity contribution in [3.8, 4) is 11.5 Å². The predicted octanol–water partition coefficient (Wildman–Crippen LogP) is 8.42. The van der Waals surface area contributed by atoms with Crippen molar-refractivity contribution in [3.63, 3.8) is 0 Å². The van der Waals surface area contributed by atoms with Gasteiger partial charge in [-0.15, -0.1) is 0 Å². The molecule has 3 aromatic carbocycles. The van der Waals surface area contributed by atoms with Gasteiger partial charge in [-0.3, -0.25) is 0 Å². The lowest BCUT2D eigenvalue weighted by atomic mass is 9.89. The van der Waals surface area contributed by atoms with Crippen molar-refractivity contribution in [1.82, 2.24) is 0 Å². The zero-order chi connectivity index (χ0) is 24.9. The Bertz CT molecular complexity index is 1050. The molecule has 0 saturated carbocycles. The first-order chi connectivity index (χ1) is 16.0. The van der Waals surface area contributed by atoms with E-state index in [1.165, 1.54) is 5.56 Å². The summed E-state index contributed by atoms with van der Waals surface area (Å²) in [6.07, 6.45) is 0. The van der Waals surface area contributed by atoms with Gasteiger partial charge in [-0.05, 0) is 62.3 Å². The number of benzene rings is 3. The molecule has 0 unspecified atom stereocenters. The molecule has 0 heterocycles. The van der Waals surface area contributed by atoms with Crippen molar-refractivity contribution < 1.29 is 19.6 Å². The van der Waals surface area contributed by atoms with Gasteiger partial charge in [0.05, 0.1) is 0 Å². The fraction of sp³-hybridized carbons (Fsp3) is 0.400. The van der Waals surface area contributed by atoms with Crippen LogP contribution in [0.25, 0.3) is 0 Å². The van der Waals surface area contributed by atoms with Crippen LogP contribution in [0.3, 0.4) is 0 Å². The maximum atomic E-state index is 6.11. The third-order valence-electron chi connectivity index (χ3n) is 6.00. The lowest BCUT2D eigenvalue weighted by Crippen LogP contribution is -2.25. The first-order valence-corrected chi connectivity index (χ1v) is 12.0. The van der Waals surface area contributed by atoms with Crippen LogP contribution in [0.15, 0.2) is 72.8 Å². The van der Waals surface area contributed by atoms with Crippen LogP contribution in [0.4, 0.5) is 0 Å². The van der Waals surface area contributed by atoms with E-state index in [1.807, 2.05) is 94.4 Å².